The Hall–Kier alpha value is -0.0331. The van der Waals surface area contributed by atoms with Crippen LogP contribution in [0, 0.1) is 0 Å². The van der Waals surface area contributed by atoms with Crippen molar-refractivity contribution in [1.82, 2.24) is 0 Å². The van der Waals surface area contributed by atoms with Crippen molar-refractivity contribution in [3.63, 3.8) is 0 Å². The Morgan fingerprint density at radius 1 is 1.21 bits per heavy atom. The Balaban J connectivity index is 2.79. The normalized spacial score (nSPS) is 11.6. The molecule has 1 aromatic rings. The van der Waals surface area contributed by atoms with Crippen LogP contribution < -0.4 is 0 Å². The van der Waals surface area contributed by atoms with Gasteiger partial charge >= 0.3 is 0 Å². The molecule has 2 nitrogen and oxygen atoms in total. The van der Waals surface area contributed by atoms with E-state index in [1.807, 2.05) is 0 Å². The van der Waals surface area contributed by atoms with Gasteiger partial charge in [-0.25, -0.2) is 8.42 Å². The molecule has 0 fully saturated rings. The predicted octanol–water partition coefficient (Wildman–Crippen LogP) is 2.43. The van der Waals surface area contributed by atoms with Gasteiger partial charge in [-0.05, 0) is 30.2 Å². The monoisotopic (exact) mass is 266 g/mol. The fourth-order valence-electron chi connectivity index (χ4n) is 1.01. The van der Waals surface area contributed by atoms with Crippen LogP contribution in [0.3, 0.4) is 0 Å². The van der Waals surface area contributed by atoms with Gasteiger partial charge in [0.1, 0.15) is 0 Å². The quantitative estimate of drug-likeness (QED) is 0.477. The second-order valence-corrected chi connectivity index (χ2v) is 6.85. The molecule has 0 aliphatic rings. The number of hydrogen-bond donors (Lipinski definition) is 0. The van der Waals surface area contributed by atoms with E-state index in [1.165, 1.54) is 12.1 Å². The number of rotatable bonds is 4. The summed E-state index contributed by atoms with van der Waals surface area (Å²) in [6.07, 6.45) is 0.866. The third-order valence-electron chi connectivity index (χ3n) is 1.71. The van der Waals surface area contributed by atoms with Crippen LogP contribution in [0.25, 0.3) is 0 Å². The fraction of sp³-hybridized carbons (Fsp3) is 0.250. The zero-order valence-corrected chi connectivity index (χ0v) is 10.5. The van der Waals surface area contributed by atoms with Gasteiger partial charge in [-0.1, -0.05) is 12.1 Å². The summed E-state index contributed by atoms with van der Waals surface area (Å²) in [6.45, 7) is 0. The standard InChI is InChI=1S/C8H8Cl2O2SSi/c9-13(11,12)8-3-1-7(2-4-8)5-6-14-10/h1-4H,5-6H2. The van der Waals surface area contributed by atoms with Crippen molar-refractivity contribution < 1.29 is 8.42 Å². The van der Waals surface area contributed by atoms with Crippen molar-refractivity contribution in [2.75, 3.05) is 0 Å². The highest BCUT2D eigenvalue weighted by Crippen LogP contribution is 2.15. The van der Waals surface area contributed by atoms with E-state index in [4.69, 9.17) is 21.8 Å². The van der Waals surface area contributed by atoms with Gasteiger partial charge in [-0.3, -0.25) is 0 Å². The van der Waals surface area contributed by atoms with Crippen LogP contribution in [0.1, 0.15) is 5.56 Å². The maximum absolute atomic E-state index is 10.9. The van der Waals surface area contributed by atoms with Crippen molar-refractivity contribution in [2.24, 2.45) is 0 Å². The lowest BCUT2D eigenvalue weighted by atomic mass is 10.2. The van der Waals surface area contributed by atoms with Crippen molar-refractivity contribution in [3.05, 3.63) is 29.8 Å². The first-order valence-corrected chi connectivity index (χ1v) is 8.44. The first-order chi connectivity index (χ1) is 6.54. The summed E-state index contributed by atoms with van der Waals surface area (Å²) in [6, 6.07) is 7.44. The van der Waals surface area contributed by atoms with Gasteiger partial charge in [-0.2, -0.15) is 11.1 Å². The molecule has 0 amide bonds. The highest BCUT2D eigenvalue weighted by atomic mass is 35.7. The molecule has 0 N–H and O–H groups in total. The van der Waals surface area contributed by atoms with Crippen LogP contribution >= 0.6 is 21.8 Å². The molecule has 76 valence electrons. The second kappa shape index (κ2) is 5.16. The maximum atomic E-state index is 10.9. The van der Waals surface area contributed by atoms with Gasteiger partial charge in [-0.15, -0.1) is 0 Å². The molecule has 2 radical (unpaired) electrons. The highest BCUT2D eigenvalue weighted by Gasteiger charge is 2.08. The average Bonchev–Trinajstić information content (AvgIpc) is 2.14. The molecule has 0 aromatic heterocycles. The molecule has 1 rings (SSSR count). The molecule has 0 saturated carbocycles. The largest absolute Gasteiger partial charge is 0.261 e. The lowest BCUT2D eigenvalue weighted by molar-refractivity contribution is 0.609. The maximum Gasteiger partial charge on any atom is 0.261 e. The van der Waals surface area contributed by atoms with Crippen LogP contribution in [0.2, 0.25) is 6.04 Å². The first kappa shape index (κ1) is 12.0. The Labute approximate surface area is 95.2 Å². The summed E-state index contributed by atoms with van der Waals surface area (Å²) in [4.78, 5) is 0.135. The van der Waals surface area contributed by atoms with Crippen molar-refractivity contribution >= 4 is 39.6 Å². The van der Waals surface area contributed by atoms with Gasteiger partial charge in [0, 0.05) is 10.7 Å². The van der Waals surface area contributed by atoms with Crippen molar-refractivity contribution in [3.8, 4) is 0 Å². The Bertz CT molecular complexity index is 388. The molecular formula is C8H8Cl2O2SSi. The van der Waals surface area contributed by atoms with E-state index in [0.717, 1.165) is 18.0 Å². The minimum atomic E-state index is -3.59. The molecular weight excluding hydrogens is 259 g/mol. The average molecular weight is 267 g/mol. The Morgan fingerprint density at radius 3 is 2.21 bits per heavy atom. The minimum absolute atomic E-state index is 0.135. The molecule has 0 aliphatic carbocycles. The summed E-state index contributed by atoms with van der Waals surface area (Å²) in [5.74, 6) is 0. The van der Waals surface area contributed by atoms with E-state index in [1.54, 1.807) is 12.1 Å². The van der Waals surface area contributed by atoms with E-state index in [9.17, 15) is 8.42 Å². The summed E-state index contributed by atoms with van der Waals surface area (Å²) in [7, 11) is 1.97. The topological polar surface area (TPSA) is 34.1 Å². The zero-order valence-electron chi connectivity index (χ0n) is 7.20. The van der Waals surface area contributed by atoms with E-state index in [0.29, 0.717) is 8.83 Å². The van der Waals surface area contributed by atoms with Crippen LogP contribution in [0.5, 0.6) is 0 Å². The number of hydrogen-bond acceptors (Lipinski definition) is 2. The minimum Gasteiger partial charge on any atom is -0.207 e. The number of halogens is 2. The second-order valence-electron chi connectivity index (χ2n) is 2.72. The van der Waals surface area contributed by atoms with Crippen molar-refractivity contribution in [1.29, 1.82) is 0 Å². The molecule has 0 heterocycles. The predicted molar refractivity (Wildman–Crippen MR) is 59.6 cm³/mol. The zero-order chi connectivity index (χ0) is 10.6. The molecule has 0 bridgehead atoms. The molecule has 0 spiro atoms. The van der Waals surface area contributed by atoms with Crippen LogP contribution in [-0.4, -0.2) is 17.2 Å². The Kier molecular flexibility index (Phi) is 4.44. The van der Waals surface area contributed by atoms with Crippen molar-refractivity contribution in [2.45, 2.75) is 17.4 Å². The van der Waals surface area contributed by atoms with E-state index in [2.05, 4.69) is 0 Å². The molecule has 0 saturated heterocycles. The highest BCUT2D eigenvalue weighted by molar-refractivity contribution is 8.13. The molecule has 6 heteroatoms. The van der Waals surface area contributed by atoms with Gasteiger partial charge < -0.3 is 0 Å². The molecule has 0 atom stereocenters. The molecule has 14 heavy (non-hydrogen) atoms. The van der Waals surface area contributed by atoms with Gasteiger partial charge in [0.15, 0.2) is 8.83 Å². The van der Waals surface area contributed by atoms with Crippen LogP contribution in [0.15, 0.2) is 29.2 Å². The molecule has 1 aromatic carbocycles. The molecule has 0 unspecified atom stereocenters. The molecule has 0 aliphatic heterocycles. The number of benzene rings is 1. The third-order valence-corrected chi connectivity index (χ3v) is 4.09. The van der Waals surface area contributed by atoms with Gasteiger partial charge in [0.2, 0.25) is 0 Å². The lowest BCUT2D eigenvalue weighted by Gasteiger charge is -1.99. The van der Waals surface area contributed by atoms with E-state index < -0.39 is 9.05 Å². The van der Waals surface area contributed by atoms with Crippen LogP contribution in [0.4, 0.5) is 0 Å². The van der Waals surface area contributed by atoms with Crippen LogP contribution in [-0.2, 0) is 15.5 Å². The summed E-state index contributed by atoms with van der Waals surface area (Å²) in [5.41, 5.74) is 1.07. The van der Waals surface area contributed by atoms with Gasteiger partial charge in [0.25, 0.3) is 9.05 Å². The fourth-order valence-corrected chi connectivity index (χ4v) is 2.45. The SMILES string of the molecule is O=S(=O)(Cl)c1ccc(CC[Si]Cl)cc1. The summed E-state index contributed by atoms with van der Waals surface area (Å²) in [5, 5.41) is 0. The Morgan fingerprint density at radius 2 is 1.79 bits per heavy atom. The first-order valence-electron chi connectivity index (χ1n) is 3.91. The third kappa shape index (κ3) is 3.61. The van der Waals surface area contributed by atoms with Gasteiger partial charge in [0.05, 0.1) is 4.90 Å². The summed E-state index contributed by atoms with van der Waals surface area (Å²) < 4.78 is 21.8. The summed E-state index contributed by atoms with van der Waals surface area (Å²) >= 11 is 5.57. The number of aryl methyl sites for hydroxylation is 1. The smallest absolute Gasteiger partial charge is 0.207 e. The lowest BCUT2D eigenvalue weighted by Crippen LogP contribution is -1.92. The van der Waals surface area contributed by atoms with E-state index >= 15 is 0 Å². The van der Waals surface area contributed by atoms with E-state index in [-0.39, 0.29) is 4.90 Å².